The average molecular weight is 446 g/mol. The Labute approximate surface area is 175 Å². The van der Waals surface area contributed by atoms with Crippen molar-refractivity contribution in [2.75, 3.05) is 5.32 Å². The number of thiazole rings is 1. The van der Waals surface area contributed by atoms with Crippen LogP contribution in [0.4, 0.5) is 14.3 Å². The van der Waals surface area contributed by atoms with Crippen LogP contribution in [-0.2, 0) is 16.1 Å². The standard InChI is InChI=1S/C18H21ClFN3O3S2/c1-10(2)26-17(24)22-16-21-9-14(27-16)15(23-28(25)18(3,4)5)12-7-6-11(20)8-13(12)19/h6-9,15,23H,1H2,2-5H3,(H,21,22,24)/t15?,28-/m1/s1. The number of ether oxygens (including phenoxy) is 1. The molecule has 6 nitrogen and oxygen atoms in total. The number of nitrogens with one attached hydrogen (secondary N) is 2. The zero-order chi connectivity index (χ0) is 21.1. The van der Waals surface area contributed by atoms with Gasteiger partial charge in [-0.3, -0.25) is 5.32 Å². The van der Waals surface area contributed by atoms with Crippen LogP contribution in [0.25, 0.3) is 0 Å². The number of aromatic nitrogens is 1. The summed E-state index contributed by atoms with van der Waals surface area (Å²) in [6.07, 6.45) is 0.814. The molecule has 0 radical (unpaired) electrons. The molecule has 2 atom stereocenters. The monoisotopic (exact) mass is 445 g/mol. The molecule has 0 fully saturated rings. The highest BCUT2D eigenvalue weighted by atomic mass is 35.5. The largest absolute Gasteiger partial charge is 0.598 e. The van der Waals surface area contributed by atoms with Crippen molar-refractivity contribution in [3.8, 4) is 0 Å². The summed E-state index contributed by atoms with van der Waals surface area (Å²) in [4.78, 5) is 16.5. The van der Waals surface area contributed by atoms with Gasteiger partial charge in [0, 0.05) is 22.6 Å². The Morgan fingerprint density at radius 2 is 2.14 bits per heavy atom. The van der Waals surface area contributed by atoms with E-state index in [2.05, 4.69) is 21.6 Å². The molecular weight excluding hydrogens is 425 g/mol. The van der Waals surface area contributed by atoms with Crippen molar-refractivity contribution in [3.05, 3.63) is 58.0 Å². The number of allylic oxidation sites excluding steroid dienone is 1. The van der Waals surface area contributed by atoms with Crippen LogP contribution in [0.2, 0.25) is 5.02 Å². The second kappa shape index (κ2) is 9.23. The fourth-order valence-electron chi connectivity index (χ4n) is 2.04. The Hall–Kier alpha value is -1.65. The molecule has 1 heterocycles. The molecular formula is C18H21ClFN3O3S2. The van der Waals surface area contributed by atoms with Gasteiger partial charge in [-0.25, -0.2) is 14.2 Å². The predicted molar refractivity (Wildman–Crippen MR) is 111 cm³/mol. The highest BCUT2D eigenvalue weighted by molar-refractivity contribution is 7.90. The zero-order valence-electron chi connectivity index (χ0n) is 15.8. The van der Waals surface area contributed by atoms with Crippen LogP contribution < -0.4 is 10.0 Å². The van der Waals surface area contributed by atoms with Crippen LogP contribution in [0.15, 0.2) is 36.7 Å². The molecule has 10 heteroatoms. The fourth-order valence-corrected chi connectivity index (χ4v) is 4.09. The number of anilines is 1. The number of amides is 1. The molecule has 2 N–H and O–H groups in total. The molecule has 0 saturated carbocycles. The smallest absolute Gasteiger partial charge is 0.418 e. The number of carbonyl (C=O) groups is 1. The highest BCUT2D eigenvalue weighted by Crippen LogP contribution is 2.35. The van der Waals surface area contributed by atoms with E-state index in [0.29, 0.717) is 10.4 Å². The lowest BCUT2D eigenvalue weighted by atomic mass is 10.1. The maximum atomic E-state index is 13.5. The number of hydrogen-bond donors (Lipinski definition) is 2. The number of benzene rings is 1. The molecule has 0 bridgehead atoms. The lowest BCUT2D eigenvalue weighted by Crippen LogP contribution is -2.41. The Kier molecular flexibility index (Phi) is 7.46. The van der Waals surface area contributed by atoms with E-state index in [1.54, 1.807) is 6.92 Å². The lowest BCUT2D eigenvalue weighted by Gasteiger charge is -2.28. The summed E-state index contributed by atoms with van der Waals surface area (Å²) in [5, 5.41) is 2.97. The zero-order valence-corrected chi connectivity index (χ0v) is 18.2. The molecule has 152 valence electrons. The van der Waals surface area contributed by atoms with Crippen LogP contribution in [0, 0.1) is 5.82 Å². The minimum Gasteiger partial charge on any atom is -0.598 e. The fraction of sp³-hybridized carbons (Fsp3) is 0.333. The van der Waals surface area contributed by atoms with Crippen LogP contribution in [0.1, 0.15) is 44.2 Å². The first-order valence-electron chi connectivity index (χ1n) is 8.20. The summed E-state index contributed by atoms with van der Waals surface area (Å²) in [5.41, 5.74) is 0.542. The number of carbonyl (C=O) groups excluding carboxylic acids is 1. The molecule has 1 unspecified atom stereocenters. The third-order valence-corrected chi connectivity index (χ3v) is 6.21. The molecule has 0 aliphatic heterocycles. The predicted octanol–water partition coefficient (Wildman–Crippen LogP) is 5.16. The second-order valence-corrected chi connectivity index (χ2v) is 10.3. The molecule has 2 rings (SSSR count). The number of hydrogen-bond acceptors (Lipinski definition) is 6. The average Bonchev–Trinajstić information content (AvgIpc) is 2.99. The van der Waals surface area contributed by atoms with Gasteiger partial charge in [-0.2, -0.15) is 0 Å². The number of rotatable bonds is 6. The van der Waals surface area contributed by atoms with Gasteiger partial charge in [0.25, 0.3) is 0 Å². The van der Waals surface area contributed by atoms with E-state index in [9.17, 15) is 13.7 Å². The van der Waals surface area contributed by atoms with Crippen LogP contribution >= 0.6 is 22.9 Å². The van der Waals surface area contributed by atoms with Crippen LogP contribution in [0.5, 0.6) is 0 Å². The van der Waals surface area contributed by atoms with E-state index in [1.165, 1.54) is 24.4 Å². The molecule has 1 aromatic carbocycles. The maximum Gasteiger partial charge on any atom is 0.418 e. The minimum absolute atomic E-state index is 0.188. The molecule has 2 aromatic rings. The SMILES string of the molecule is C=C(C)OC(=O)Nc1ncc(C(N[S@+]([O-])C(C)(C)C)c2ccc(F)cc2Cl)s1. The van der Waals surface area contributed by atoms with E-state index in [4.69, 9.17) is 16.3 Å². The van der Waals surface area contributed by atoms with Gasteiger partial charge in [-0.05, 0) is 45.4 Å². The summed E-state index contributed by atoms with van der Waals surface area (Å²) < 4.78 is 33.5. The first kappa shape index (κ1) is 22.6. The van der Waals surface area contributed by atoms with Gasteiger partial charge in [0.05, 0.1) is 10.6 Å². The summed E-state index contributed by atoms with van der Waals surface area (Å²) in [7, 11) is 0. The Morgan fingerprint density at radius 3 is 2.71 bits per heavy atom. The second-order valence-electron chi connectivity index (χ2n) is 6.88. The van der Waals surface area contributed by atoms with Crippen molar-refractivity contribution in [2.45, 2.75) is 38.5 Å². The van der Waals surface area contributed by atoms with Crippen molar-refractivity contribution < 1.29 is 18.5 Å². The molecule has 1 amide bonds. The summed E-state index contributed by atoms with van der Waals surface area (Å²) in [5.74, 6) is -0.230. The maximum absolute atomic E-state index is 13.5. The normalized spacial score (nSPS) is 13.7. The summed E-state index contributed by atoms with van der Waals surface area (Å²) in [6.45, 7) is 10.5. The van der Waals surface area contributed by atoms with Gasteiger partial charge in [0.15, 0.2) is 5.13 Å². The molecule has 1 aromatic heterocycles. The molecule has 0 spiro atoms. The number of halogens is 2. The third kappa shape index (κ3) is 6.18. The molecule has 0 aliphatic carbocycles. The van der Waals surface area contributed by atoms with Crippen LogP contribution in [-0.4, -0.2) is 20.4 Å². The van der Waals surface area contributed by atoms with Gasteiger partial charge in [-0.1, -0.05) is 35.6 Å². The van der Waals surface area contributed by atoms with Gasteiger partial charge >= 0.3 is 6.09 Å². The third-order valence-electron chi connectivity index (χ3n) is 3.34. The van der Waals surface area contributed by atoms with Crippen LogP contribution in [0.3, 0.4) is 0 Å². The van der Waals surface area contributed by atoms with Crippen molar-refractivity contribution in [2.24, 2.45) is 0 Å². The Morgan fingerprint density at radius 1 is 1.46 bits per heavy atom. The van der Waals surface area contributed by atoms with Gasteiger partial charge in [0.2, 0.25) is 0 Å². The number of nitrogens with zero attached hydrogens (tertiary/aromatic N) is 1. The van der Waals surface area contributed by atoms with Crippen molar-refractivity contribution in [3.63, 3.8) is 0 Å². The topological polar surface area (TPSA) is 86.3 Å². The Bertz CT molecular complexity index is 870. The van der Waals surface area contributed by atoms with E-state index in [1.807, 2.05) is 20.8 Å². The molecule has 0 aliphatic rings. The minimum atomic E-state index is -1.44. The first-order chi connectivity index (χ1) is 13.0. The highest BCUT2D eigenvalue weighted by Gasteiger charge is 2.32. The van der Waals surface area contributed by atoms with Gasteiger partial charge in [0.1, 0.15) is 16.6 Å². The lowest BCUT2D eigenvalue weighted by molar-refractivity contribution is 0.192. The van der Waals surface area contributed by atoms with Gasteiger partial charge < -0.3 is 9.29 Å². The van der Waals surface area contributed by atoms with E-state index < -0.39 is 34.1 Å². The Balaban J connectivity index is 2.34. The van der Waals surface area contributed by atoms with Gasteiger partial charge in [-0.15, -0.1) is 4.72 Å². The summed E-state index contributed by atoms with van der Waals surface area (Å²) >= 11 is 5.94. The van der Waals surface area contributed by atoms with E-state index in [0.717, 1.165) is 11.3 Å². The molecule has 0 saturated heterocycles. The molecule has 28 heavy (non-hydrogen) atoms. The summed E-state index contributed by atoms with van der Waals surface area (Å²) in [6, 6.07) is 3.38. The van der Waals surface area contributed by atoms with Crippen molar-refractivity contribution >= 4 is 45.5 Å². The first-order valence-corrected chi connectivity index (χ1v) is 10.5. The van der Waals surface area contributed by atoms with E-state index >= 15 is 0 Å². The quantitative estimate of drug-likeness (QED) is 0.473. The van der Waals surface area contributed by atoms with Crippen molar-refractivity contribution in [1.29, 1.82) is 0 Å². The van der Waals surface area contributed by atoms with E-state index in [-0.39, 0.29) is 15.9 Å². The van der Waals surface area contributed by atoms with Crippen molar-refractivity contribution in [1.82, 2.24) is 9.71 Å².